The average molecular weight is 335 g/mol. The number of hydrogen-bond donors (Lipinski definition) is 1. The molecule has 0 aliphatic carbocycles. The fraction of sp³-hybridized carbons (Fsp3) is 0.250. The molecule has 0 aliphatic heterocycles. The number of nitrogens with one attached hydrogen (secondary N) is 1. The first-order valence-electron chi connectivity index (χ1n) is 8.37. The summed E-state index contributed by atoms with van der Waals surface area (Å²) in [5.74, 6) is 1.13. The highest BCUT2D eigenvalue weighted by molar-refractivity contribution is 5.91. The fourth-order valence-corrected chi connectivity index (χ4v) is 2.54. The summed E-state index contributed by atoms with van der Waals surface area (Å²) in [5, 5.41) is 6.95. The lowest BCUT2D eigenvalue weighted by molar-refractivity contribution is -0.116. The molecule has 1 N–H and O–H groups in total. The van der Waals surface area contributed by atoms with Crippen LogP contribution in [0, 0.1) is 13.8 Å². The van der Waals surface area contributed by atoms with Gasteiger partial charge in [0.2, 0.25) is 17.6 Å². The smallest absolute Gasteiger partial charge is 0.226 e. The van der Waals surface area contributed by atoms with Gasteiger partial charge in [-0.1, -0.05) is 47.6 Å². The molecule has 1 heterocycles. The molecule has 128 valence electrons. The summed E-state index contributed by atoms with van der Waals surface area (Å²) in [6, 6.07) is 15.7. The topological polar surface area (TPSA) is 68.0 Å². The second-order valence-electron chi connectivity index (χ2n) is 6.10. The molecule has 0 aliphatic rings. The van der Waals surface area contributed by atoms with Gasteiger partial charge in [0, 0.05) is 24.1 Å². The number of amides is 1. The standard InChI is InChI=1S/C20H21N3O2/c1-14-11-12-15(2)17(13-14)21-18(24)9-6-10-19-22-20(23-25-19)16-7-4-3-5-8-16/h3-5,7-8,11-13H,6,9-10H2,1-2H3,(H,21,24). The molecule has 0 saturated heterocycles. The Morgan fingerprint density at radius 3 is 2.72 bits per heavy atom. The van der Waals surface area contributed by atoms with Gasteiger partial charge < -0.3 is 9.84 Å². The summed E-state index contributed by atoms with van der Waals surface area (Å²) in [6.07, 6.45) is 1.66. The van der Waals surface area contributed by atoms with E-state index in [1.807, 2.05) is 62.4 Å². The van der Waals surface area contributed by atoms with E-state index in [0.29, 0.717) is 31.0 Å². The molecule has 0 saturated carbocycles. The molecular formula is C20H21N3O2. The van der Waals surface area contributed by atoms with Crippen molar-refractivity contribution in [1.82, 2.24) is 10.1 Å². The van der Waals surface area contributed by atoms with E-state index in [1.165, 1.54) is 0 Å². The quantitative estimate of drug-likeness (QED) is 0.728. The van der Waals surface area contributed by atoms with Crippen LogP contribution in [0.4, 0.5) is 5.69 Å². The Kier molecular flexibility index (Phi) is 5.23. The van der Waals surface area contributed by atoms with Crippen LogP contribution < -0.4 is 5.32 Å². The molecular weight excluding hydrogens is 314 g/mol. The van der Waals surface area contributed by atoms with Crippen LogP contribution in [0.2, 0.25) is 0 Å². The zero-order valence-corrected chi connectivity index (χ0v) is 14.5. The van der Waals surface area contributed by atoms with Gasteiger partial charge in [0.1, 0.15) is 0 Å². The molecule has 0 bridgehead atoms. The molecule has 0 spiro atoms. The van der Waals surface area contributed by atoms with Gasteiger partial charge in [-0.05, 0) is 37.5 Å². The van der Waals surface area contributed by atoms with E-state index in [4.69, 9.17) is 4.52 Å². The van der Waals surface area contributed by atoms with Gasteiger partial charge in [-0.15, -0.1) is 0 Å². The van der Waals surface area contributed by atoms with Crippen molar-refractivity contribution in [1.29, 1.82) is 0 Å². The first kappa shape index (κ1) is 16.9. The number of rotatable bonds is 6. The monoisotopic (exact) mass is 335 g/mol. The van der Waals surface area contributed by atoms with Crippen LogP contribution in [0.15, 0.2) is 53.1 Å². The minimum atomic E-state index is -0.00324. The second-order valence-corrected chi connectivity index (χ2v) is 6.10. The molecule has 1 aromatic heterocycles. The number of anilines is 1. The van der Waals surface area contributed by atoms with E-state index in [1.54, 1.807) is 0 Å². The van der Waals surface area contributed by atoms with E-state index in [0.717, 1.165) is 22.4 Å². The molecule has 5 nitrogen and oxygen atoms in total. The number of aryl methyl sites for hydroxylation is 3. The molecule has 0 atom stereocenters. The predicted octanol–water partition coefficient (Wildman–Crippen LogP) is 4.31. The summed E-state index contributed by atoms with van der Waals surface area (Å²) in [6.45, 7) is 3.99. The summed E-state index contributed by atoms with van der Waals surface area (Å²) in [4.78, 5) is 16.5. The van der Waals surface area contributed by atoms with Gasteiger partial charge in [0.25, 0.3) is 0 Å². The van der Waals surface area contributed by atoms with Crippen molar-refractivity contribution < 1.29 is 9.32 Å². The number of aromatic nitrogens is 2. The van der Waals surface area contributed by atoms with E-state index in [9.17, 15) is 4.79 Å². The maximum atomic E-state index is 12.1. The molecule has 3 aromatic rings. The molecule has 25 heavy (non-hydrogen) atoms. The van der Waals surface area contributed by atoms with Gasteiger partial charge in [-0.2, -0.15) is 4.98 Å². The SMILES string of the molecule is Cc1ccc(C)c(NC(=O)CCCc2nc(-c3ccccc3)no2)c1. The zero-order chi connectivity index (χ0) is 17.6. The van der Waals surface area contributed by atoms with E-state index in [-0.39, 0.29) is 5.91 Å². The van der Waals surface area contributed by atoms with Crippen LogP contribution in [0.1, 0.15) is 29.9 Å². The highest BCUT2D eigenvalue weighted by Crippen LogP contribution is 2.18. The zero-order valence-electron chi connectivity index (χ0n) is 14.5. The maximum Gasteiger partial charge on any atom is 0.226 e. The van der Waals surface area contributed by atoms with E-state index < -0.39 is 0 Å². The molecule has 0 unspecified atom stereocenters. The van der Waals surface area contributed by atoms with Gasteiger partial charge in [-0.3, -0.25) is 4.79 Å². The van der Waals surface area contributed by atoms with Crippen molar-refractivity contribution in [2.24, 2.45) is 0 Å². The van der Waals surface area contributed by atoms with Crippen molar-refractivity contribution in [2.75, 3.05) is 5.32 Å². The lowest BCUT2D eigenvalue weighted by atomic mass is 10.1. The van der Waals surface area contributed by atoms with E-state index in [2.05, 4.69) is 15.5 Å². The fourth-order valence-electron chi connectivity index (χ4n) is 2.54. The van der Waals surface area contributed by atoms with Crippen LogP contribution in [0.5, 0.6) is 0 Å². The van der Waals surface area contributed by atoms with E-state index >= 15 is 0 Å². The summed E-state index contributed by atoms with van der Waals surface area (Å²) in [5.41, 5.74) is 3.97. The first-order chi connectivity index (χ1) is 12.1. The number of nitrogens with zero attached hydrogens (tertiary/aromatic N) is 2. The Labute approximate surface area is 147 Å². The Balaban J connectivity index is 1.50. The Bertz CT molecular complexity index is 856. The average Bonchev–Trinajstić information content (AvgIpc) is 3.08. The minimum Gasteiger partial charge on any atom is -0.339 e. The largest absolute Gasteiger partial charge is 0.339 e. The Morgan fingerprint density at radius 1 is 1.12 bits per heavy atom. The molecule has 0 fully saturated rings. The lowest BCUT2D eigenvalue weighted by Gasteiger charge is -2.08. The number of carbonyl (C=O) groups excluding carboxylic acids is 1. The van der Waals surface area contributed by atoms with Crippen LogP contribution in [0.25, 0.3) is 11.4 Å². The van der Waals surface area contributed by atoms with Crippen molar-refractivity contribution in [3.63, 3.8) is 0 Å². The number of benzene rings is 2. The summed E-state index contributed by atoms with van der Waals surface area (Å²) < 4.78 is 5.26. The van der Waals surface area contributed by atoms with Crippen molar-refractivity contribution in [2.45, 2.75) is 33.1 Å². The Hall–Kier alpha value is -2.95. The van der Waals surface area contributed by atoms with Crippen LogP contribution in [-0.4, -0.2) is 16.0 Å². The third kappa shape index (κ3) is 4.53. The molecule has 0 radical (unpaired) electrons. The molecule has 1 amide bonds. The molecule has 5 heteroatoms. The third-order valence-electron chi connectivity index (χ3n) is 3.96. The van der Waals surface area contributed by atoms with Crippen molar-refractivity contribution in [3.05, 3.63) is 65.5 Å². The normalized spacial score (nSPS) is 10.6. The van der Waals surface area contributed by atoms with Crippen molar-refractivity contribution in [3.8, 4) is 11.4 Å². The van der Waals surface area contributed by atoms with Gasteiger partial charge in [-0.25, -0.2) is 0 Å². The first-order valence-corrected chi connectivity index (χ1v) is 8.37. The summed E-state index contributed by atoms with van der Waals surface area (Å²) in [7, 11) is 0. The third-order valence-corrected chi connectivity index (χ3v) is 3.96. The predicted molar refractivity (Wildman–Crippen MR) is 97.2 cm³/mol. The van der Waals surface area contributed by atoms with Gasteiger partial charge in [0.05, 0.1) is 0 Å². The molecule has 2 aromatic carbocycles. The van der Waals surface area contributed by atoms with Gasteiger partial charge in [0.15, 0.2) is 0 Å². The van der Waals surface area contributed by atoms with Crippen LogP contribution in [0.3, 0.4) is 0 Å². The highest BCUT2D eigenvalue weighted by Gasteiger charge is 2.10. The van der Waals surface area contributed by atoms with Gasteiger partial charge >= 0.3 is 0 Å². The second kappa shape index (κ2) is 7.75. The summed E-state index contributed by atoms with van der Waals surface area (Å²) >= 11 is 0. The van der Waals surface area contributed by atoms with Crippen LogP contribution in [-0.2, 0) is 11.2 Å². The van der Waals surface area contributed by atoms with Crippen LogP contribution >= 0.6 is 0 Å². The minimum absolute atomic E-state index is 0.00324. The van der Waals surface area contributed by atoms with Crippen molar-refractivity contribution >= 4 is 11.6 Å². The number of hydrogen-bond acceptors (Lipinski definition) is 4. The lowest BCUT2D eigenvalue weighted by Crippen LogP contribution is -2.12. The molecule has 3 rings (SSSR count). The number of carbonyl (C=O) groups is 1. The maximum absolute atomic E-state index is 12.1. The highest BCUT2D eigenvalue weighted by atomic mass is 16.5. The Morgan fingerprint density at radius 2 is 1.92 bits per heavy atom.